The van der Waals surface area contributed by atoms with E-state index in [2.05, 4.69) is 31.0 Å². The summed E-state index contributed by atoms with van der Waals surface area (Å²) < 4.78 is -1.44. The van der Waals surface area contributed by atoms with E-state index in [0.29, 0.717) is 0 Å². The molecule has 3 heterocycles. The third-order valence-corrected chi connectivity index (χ3v) is 13.1. The first kappa shape index (κ1) is 8.68. The van der Waals surface area contributed by atoms with Crippen molar-refractivity contribution in [2.45, 2.75) is 19.3 Å². The van der Waals surface area contributed by atoms with Crippen molar-refractivity contribution in [2.24, 2.45) is 17.8 Å². The molecular formula is C9H15Br2P. The van der Waals surface area contributed by atoms with Gasteiger partial charge >= 0.3 is 90.5 Å². The van der Waals surface area contributed by atoms with E-state index in [0.717, 1.165) is 17.8 Å². The molecule has 0 amide bonds. The first-order valence-corrected chi connectivity index (χ1v) is 11.8. The zero-order chi connectivity index (χ0) is 8.42. The summed E-state index contributed by atoms with van der Waals surface area (Å²) >= 11 is 8.22. The molecule has 0 aromatic carbocycles. The van der Waals surface area contributed by atoms with E-state index in [9.17, 15) is 0 Å². The third kappa shape index (κ3) is 1.25. The number of rotatable bonds is 0. The van der Waals surface area contributed by atoms with Gasteiger partial charge in [0.2, 0.25) is 0 Å². The fourth-order valence-electron chi connectivity index (χ4n) is 4.05. The number of hydrogen-bond donors (Lipinski definition) is 0. The van der Waals surface area contributed by atoms with Crippen molar-refractivity contribution in [2.75, 3.05) is 18.5 Å². The second-order valence-electron chi connectivity index (χ2n) is 5.30. The fourth-order valence-corrected chi connectivity index (χ4v) is 16.1. The zero-order valence-corrected chi connectivity index (χ0v) is 11.2. The van der Waals surface area contributed by atoms with Gasteiger partial charge < -0.3 is 0 Å². The summed E-state index contributed by atoms with van der Waals surface area (Å²) in [6, 6.07) is 0. The predicted molar refractivity (Wildman–Crippen MR) is 63.7 cm³/mol. The van der Waals surface area contributed by atoms with Gasteiger partial charge in [-0.15, -0.1) is 0 Å². The van der Waals surface area contributed by atoms with Crippen LogP contribution in [0, 0.1) is 17.8 Å². The standard InChI is InChI=1S/C9H15Br2P/c10-12(11)4-7-1-8(5-12)3-9(2-7)6-12/h7-9H,1-6H2. The van der Waals surface area contributed by atoms with Crippen LogP contribution in [-0.4, -0.2) is 18.5 Å². The van der Waals surface area contributed by atoms with Crippen LogP contribution in [0.5, 0.6) is 0 Å². The Morgan fingerprint density at radius 2 is 1.08 bits per heavy atom. The average Bonchev–Trinajstić information content (AvgIpc) is 1.76. The second-order valence-corrected chi connectivity index (χ2v) is 23.3. The topological polar surface area (TPSA) is 0 Å². The molecule has 0 N–H and O–H groups in total. The van der Waals surface area contributed by atoms with Gasteiger partial charge in [0.1, 0.15) is 0 Å². The van der Waals surface area contributed by atoms with E-state index in [1.165, 1.54) is 18.5 Å². The minimum atomic E-state index is -1.44. The summed E-state index contributed by atoms with van der Waals surface area (Å²) in [5.74, 6) is 3.23. The number of halogens is 2. The summed E-state index contributed by atoms with van der Waals surface area (Å²) in [7, 11) is 0. The monoisotopic (exact) mass is 312 g/mol. The van der Waals surface area contributed by atoms with Gasteiger partial charge in [-0.05, 0) is 0 Å². The Kier molecular flexibility index (Phi) is 1.67. The molecule has 0 atom stereocenters. The Labute approximate surface area is 90.3 Å². The summed E-state index contributed by atoms with van der Waals surface area (Å²) in [6.07, 6.45) is 9.14. The molecule has 3 aliphatic heterocycles. The van der Waals surface area contributed by atoms with E-state index in [1.54, 1.807) is 19.3 Å². The molecule has 0 aromatic heterocycles. The van der Waals surface area contributed by atoms with Crippen LogP contribution in [0.2, 0.25) is 0 Å². The summed E-state index contributed by atoms with van der Waals surface area (Å²) in [5.41, 5.74) is 0. The van der Waals surface area contributed by atoms with Gasteiger partial charge in [-0.3, -0.25) is 0 Å². The summed E-state index contributed by atoms with van der Waals surface area (Å²) in [6.45, 7) is 0. The molecule has 4 rings (SSSR count). The molecule has 1 saturated carbocycles. The molecule has 0 radical (unpaired) electrons. The van der Waals surface area contributed by atoms with Crippen LogP contribution in [0.3, 0.4) is 0 Å². The van der Waals surface area contributed by atoms with Gasteiger partial charge in [0.15, 0.2) is 0 Å². The van der Waals surface area contributed by atoms with Gasteiger partial charge in [-0.1, -0.05) is 0 Å². The van der Waals surface area contributed by atoms with Gasteiger partial charge in [-0.25, -0.2) is 0 Å². The Hall–Kier alpha value is 1.39. The molecule has 12 heavy (non-hydrogen) atoms. The van der Waals surface area contributed by atoms with Crippen LogP contribution in [0.1, 0.15) is 19.3 Å². The molecule has 4 aliphatic rings. The van der Waals surface area contributed by atoms with Crippen molar-refractivity contribution in [3.05, 3.63) is 0 Å². The van der Waals surface area contributed by atoms with Crippen LogP contribution in [0.4, 0.5) is 0 Å². The Morgan fingerprint density at radius 3 is 1.33 bits per heavy atom. The van der Waals surface area contributed by atoms with Crippen LogP contribution >= 0.6 is 35.0 Å². The SMILES string of the molecule is BrP12(Br)CC3CC(CC(C3)C1)C2. The molecule has 3 saturated heterocycles. The van der Waals surface area contributed by atoms with Gasteiger partial charge in [0, 0.05) is 0 Å². The molecule has 70 valence electrons. The first-order chi connectivity index (χ1) is 5.52. The van der Waals surface area contributed by atoms with E-state index in [4.69, 9.17) is 0 Å². The predicted octanol–water partition coefficient (Wildman–Crippen LogP) is 4.22. The van der Waals surface area contributed by atoms with Crippen molar-refractivity contribution in [1.29, 1.82) is 0 Å². The zero-order valence-electron chi connectivity index (χ0n) is 7.18. The average molecular weight is 314 g/mol. The van der Waals surface area contributed by atoms with Crippen LogP contribution in [0.15, 0.2) is 0 Å². The molecule has 0 nitrogen and oxygen atoms in total. The van der Waals surface area contributed by atoms with Crippen LogP contribution in [-0.2, 0) is 0 Å². The Balaban J connectivity index is 2.01. The maximum absolute atomic E-state index is 4.11. The van der Waals surface area contributed by atoms with Gasteiger partial charge in [0.05, 0.1) is 0 Å². The van der Waals surface area contributed by atoms with E-state index in [-0.39, 0.29) is 0 Å². The van der Waals surface area contributed by atoms with E-state index >= 15 is 0 Å². The summed E-state index contributed by atoms with van der Waals surface area (Å²) in [4.78, 5) is 0. The van der Waals surface area contributed by atoms with Crippen molar-refractivity contribution in [1.82, 2.24) is 0 Å². The molecule has 1 aliphatic carbocycles. The van der Waals surface area contributed by atoms with Crippen LogP contribution < -0.4 is 0 Å². The third-order valence-electron chi connectivity index (χ3n) is 3.96. The minimum absolute atomic E-state index is 1.08. The molecule has 4 fully saturated rings. The van der Waals surface area contributed by atoms with Crippen molar-refractivity contribution in [3.8, 4) is 0 Å². The molecular weight excluding hydrogens is 299 g/mol. The van der Waals surface area contributed by atoms with E-state index in [1.807, 2.05) is 0 Å². The first-order valence-electron chi connectivity index (χ1n) is 4.96. The fraction of sp³-hybridized carbons (Fsp3) is 1.00. The van der Waals surface area contributed by atoms with Crippen LogP contribution in [0.25, 0.3) is 0 Å². The van der Waals surface area contributed by atoms with Gasteiger partial charge in [0.25, 0.3) is 0 Å². The molecule has 4 bridgehead atoms. The Bertz CT molecular complexity index is 195. The van der Waals surface area contributed by atoms with Crippen molar-refractivity contribution < 1.29 is 0 Å². The normalized spacial score (nSPS) is 56.2. The number of hydrogen-bond acceptors (Lipinski definition) is 0. The molecule has 3 heteroatoms. The molecule has 0 spiro atoms. The molecule has 0 unspecified atom stereocenters. The van der Waals surface area contributed by atoms with Crippen molar-refractivity contribution >= 4 is 35.0 Å². The quantitative estimate of drug-likeness (QED) is 0.587. The van der Waals surface area contributed by atoms with Crippen molar-refractivity contribution in [3.63, 3.8) is 0 Å². The summed E-state index contributed by atoms with van der Waals surface area (Å²) in [5, 5.41) is 0. The van der Waals surface area contributed by atoms with E-state index < -0.39 is 4.01 Å². The molecule has 0 aromatic rings. The Morgan fingerprint density at radius 1 is 0.750 bits per heavy atom. The second kappa shape index (κ2) is 2.31. The van der Waals surface area contributed by atoms with Gasteiger partial charge in [-0.2, -0.15) is 0 Å². The maximum atomic E-state index is 4.11.